The zero-order valence-corrected chi connectivity index (χ0v) is 7.14. The van der Waals surface area contributed by atoms with E-state index in [1.165, 1.54) is 0 Å². The zero-order valence-electron chi connectivity index (χ0n) is 7.14. The highest BCUT2D eigenvalue weighted by molar-refractivity contribution is 5.59. The Bertz CT molecular complexity index is 332. The van der Waals surface area contributed by atoms with E-state index in [1.54, 1.807) is 0 Å². The predicted octanol–water partition coefficient (Wildman–Crippen LogP) is 1.91. The number of allylic oxidation sites excluding steroid dienone is 5. The second-order valence-electron chi connectivity index (χ2n) is 2.96. The molecule has 0 bridgehead atoms. The van der Waals surface area contributed by atoms with Crippen LogP contribution in [0.2, 0.25) is 0 Å². The number of hydrogen-bond donors (Lipinski definition) is 0. The number of carbonyl (C=O) groups is 1. The lowest BCUT2D eigenvalue weighted by atomic mass is 10.1. The summed E-state index contributed by atoms with van der Waals surface area (Å²) in [6.45, 7) is 0. The van der Waals surface area contributed by atoms with Gasteiger partial charge < -0.3 is 4.74 Å². The molecule has 1 unspecified atom stereocenters. The highest BCUT2D eigenvalue weighted by Gasteiger charge is 2.17. The Hall–Kier alpha value is -1.57. The van der Waals surface area contributed by atoms with E-state index in [4.69, 9.17) is 4.74 Å². The van der Waals surface area contributed by atoms with Gasteiger partial charge in [-0.25, -0.2) is 0 Å². The molecule has 0 amide bonds. The molecule has 1 aliphatic carbocycles. The highest BCUT2D eigenvalue weighted by Crippen LogP contribution is 2.24. The van der Waals surface area contributed by atoms with E-state index in [2.05, 4.69) is 0 Å². The molecule has 1 heterocycles. The van der Waals surface area contributed by atoms with Gasteiger partial charge >= 0.3 is 0 Å². The van der Waals surface area contributed by atoms with Gasteiger partial charge in [0.15, 0.2) is 12.4 Å². The molecule has 2 rings (SSSR count). The van der Waals surface area contributed by atoms with Crippen molar-refractivity contribution in [1.82, 2.24) is 0 Å². The van der Waals surface area contributed by atoms with Crippen LogP contribution in [-0.2, 0) is 9.53 Å². The Balaban J connectivity index is 2.30. The minimum absolute atomic E-state index is 0.310. The van der Waals surface area contributed by atoms with Gasteiger partial charge in [-0.15, -0.1) is 0 Å². The van der Waals surface area contributed by atoms with Gasteiger partial charge in [0.25, 0.3) is 0 Å². The van der Waals surface area contributed by atoms with Crippen LogP contribution in [0.5, 0.6) is 0 Å². The summed E-state index contributed by atoms with van der Waals surface area (Å²) in [6, 6.07) is 0. The quantitative estimate of drug-likeness (QED) is 0.567. The summed E-state index contributed by atoms with van der Waals surface area (Å²) < 4.78 is 5.44. The maximum atomic E-state index is 10.5. The lowest BCUT2D eigenvalue weighted by molar-refractivity contribution is -0.115. The topological polar surface area (TPSA) is 26.3 Å². The van der Waals surface area contributed by atoms with Crippen molar-refractivity contribution in [3.8, 4) is 0 Å². The average molecular weight is 174 g/mol. The molecule has 13 heavy (non-hydrogen) atoms. The summed E-state index contributed by atoms with van der Waals surface area (Å²) >= 11 is 0. The minimum Gasteiger partial charge on any atom is -0.482 e. The first-order valence-electron chi connectivity index (χ1n) is 4.27. The predicted molar refractivity (Wildman–Crippen MR) is 50.0 cm³/mol. The maximum Gasteiger partial charge on any atom is 0.160 e. The maximum absolute atomic E-state index is 10.5. The van der Waals surface area contributed by atoms with Gasteiger partial charge in [-0.2, -0.15) is 0 Å². The molecule has 0 aromatic rings. The first-order chi connectivity index (χ1) is 6.40. The molecule has 0 N–H and O–H groups in total. The largest absolute Gasteiger partial charge is 0.482 e. The molecule has 2 heteroatoms. The fourth-order valence-corrected chi connectivity index (χ4v) is 1.36. The first kappa shape index (κ1) is 8.05. The van der Waals surface area contributed by atoms with Crippen LogP contribution in [-0.4, -0.2) is 12.4 Å². The number of rotatable bonds is 1. The van der Waals surface area contributed by atoms with E-state index in [1.807, 2.05) is 36.5 Å². The molecule has 66 valence electrons. The van der Waals surface area contributed by atoms with Gasteiger partial charge in [-0.1, -0.05) is 30.4 Å². The van der Waals surface area contributed by atoms with Crippen LogP contribution in [0.4, 0.5) is 0 Å². The molecule has 1 aliphatic heterocycles. The van der Waals surface area contributed by atoms with Crippen molar-refractivity contribution >= 4 is 6.29 Å². The molecule has 2 aliphatic rings. The Labute approximate surface area is 76.9 Å². The normalized spacial score (nSPS) is 25.1. The molecule has 0 aromatic heterocycles. The van der Waals surface area contributed by atoms with Gasteiger partial charge in [0.1, 0.15) is 5.76 Å². The molecule has 2 nitrogen and oxygen atoms in total. The second-order valence-corrected chi connectivity index (χ2v) is 2.96. The van der Waals surface area contributed by atoms with Crippen LogP contribution in [0.25, 0.3) is 0 Å². The number of ether oxygens (including phenoxy) is 1. The van der Waals surface area contributed by atoms with Gasteiger partial charge in [-0.3, -0.25) is 4.79 Å². The summed E-state index contributed by atoms with van der Waals surface area (Å²) in [7, 11) is 0. The summed E-state index contributed by atoms with van der Waals surface area (Å²) in [5.74, 6) is 0.786. The average Bonchev–Trinajstić information content (AvgIpc) is 2.41. The number of aldehydes is 1. The summed E-state index contributed by atoms with van der Waals surface area (Å²) in [5, 5.41) is 0. The van der Waals surface area contributed by atoms with Gasteiger partial charge in [0.2, 0.25) is 0 Å². The van der Waals surface area contributed by atoms with Crippen molar-refractivity contribution in [1.29, 1.82) is 0 Å². The fraction of sp³-hybridized carbons (Fsp3) is 0.182. The third-order valence-electron chi connectivity index (χ3n) is 2.03. The van der Waals surface area contributed by atoms with Crippen LogP contribution in [0, 0.1) is 0 Å². The van der Waals surface area contributed by atoms with Crippen molar-refractivity contribution in [2.75, 3.05) is 0 Å². The Morgan fingerprint density at radius 1 is 1.38 bits per heavy atom. The molecular weight excluding hydrogens is 164 g/mol. The van der Waals surface area contributed by atoms with E-state index < -0.39 is 0 Å². The van der Waals surface area contributed by atoms with Crippen molar-refractivity contribution in [2.24, 2.45) is 0 Å². The zero-order chi connectivity index (χ0) is 9.10. The van der Waals surface area contributed by atoms with Crippen LogP contribution in [0.15, 0.2) is 47.8 Å². The summed E-state index contributed by atoms with van der Waals surface area (Å²) in [4.78, 5) is 10.5. The smallest absolute Gasteiger partial charge is 0.160 e. The minimum atomic E-state index is -0.310. The van der Waals surface area contributed by atoms with Crippen molar-refractivity contribution in [3.05, 3.63) is 47.8 Å². The first-order valence-corrected chi connectivity index (χ1v) is 4.27. The number of fused-ring (bicyclic) bond motifs is 1. The molecule has 0 aromatic carbocycles. The Morgan fingerprint density at radius 3 is 3.15 bits per heavy atom. The molecule has 0 radical (unpaired) electrons. The third-order valence-corrected chi connectivity index (χ3v) is 2.03. The SMILES string of the molecule is O=CC1CC=C2C=CC=CC=C2O1. The number of carbonyl (C=O) groups excluding carboxylic acids is 1. The van der Waals surface area contributed by atoms with Crippen LogP contribution >= 0.6 is 0 Å². The lowest BCUT2D eigenvalue weighted by Crippen LogP contribution is -2.17. The number of hydrogen-bond acceptors (Lipinski definition) is 2. The van der Waals surface area contributed by atoms with Gasteiger partial charge in [0, 0.05) is 12.0 Å². The molecule has 0 fully saturated rings. The van der Waals surface area contributed by atoms with E-state index in [0.29, 0.717) is 6.42 Å². The summed E-state index contributed by atoms with van der Waals surface area (Å²) in [5.41, 5.74) is 1.06. The van der Waals surface area contributed by atoms with Crippen molar-refractivity contribution < 1.29 is 9.53 Å². The standard InChI is InChI=1S/C11H10O2/c12-8-10-7-6-9-4-2-1-3-5-11(9)13-10/h1-6,8,10H,7H2. The monoisotopic (exact) mass is 174 g/mol. The van der Waals surface area contributed by atoms with Crippen LogP contribution < -0.4 is 0 Å². The van der Waals surface area contributed by atoms with Crippen LogP contribution in [0.3, 0.4) is 0 Å². The Kier molecular flexibility index (Phi) is 2.13. The molecule has 0 saturated heterocycles. The van der Waals surface area contributed by atoms with E-state index in [9.17, 15) is 4.79 Å². The fourth-order valence-electron chi connectivity index (χ4n) is 1.36. The third kappa shape index (κ3) is 1.61. The molecule has 0 saturated carbocycles. The van der Waals surface area contributed by atoms with Gasteiger partial charge in [0.05, 0.1) is 0 Å². The van der Waals surface area contributed by atoms with E-state index in [-0.39, 0.29) is 6.10 Å². The Morgan fingerprint density at radius 2 is 2.31 bits per heavy atom. The van der Waals surface area contributed by atoms with Crippen LogP contribution in [0.1, 0.15) is 6.42 Å². The van der Waals surface area contributed by atoms with Crippen molar-refractivity contribution in [3.63, 3.8) is 0 Å². The second kappa shape index (κ2) is 3.44. The molecular formula is C11H10O2. The van der Waals surface area contributed by atoms with Gasteiger partial charge in [-0.05, 0) is 6.08 Å². The van der Waals surface area contributed by atoms with E-state index >= 15 is 0 Å². The lowest BCUT2D eigenvalue weighted by Gasteiger charge is -2.20. The molecule has 1 atom stereocenters. The van der Waals surface area contributed by atoms with E-state index in [0.717, 1.165) is 17.6 Å². The highest BCUT2D eigenvalue weighted by atomic mass is 16.5. The van der Waals surface area contributed by atoms with Crippen molar-refractivity contribution in [2.45, 2.75) is 12.5 Å². The summed E-state index contributed by atoms with van der Waals surface area (Å²) in [6.07, 6.45) is 12.9. The molecule has 0 spiro atoms.